The topological polar surface area (TPSA) is 465 Å². The Morgan fingerprint density at radius 3 is 1.47 bits per heavy atom. The smallest absolute Gasteiger partial charge is 0.265 e. The quantitative estimate of drug-likeness (QED) is 0.0178. The number of hydrazine groups is 1. The number of hydrogen-bond donors (Lipinski definition) is 16. The van der Waals surface area contributed by atoms with Crippen LogP contribution in [0.4, 0.5) is 0 Å². The minimum Gasteiger partial charge on any atom is -0.370 e. The van der Waals surface area contributed by atoms with E-state index >= 15 is 0 Å². The van der Waals surface area contributed by atoms with Crippen LogP contribution in [0.2, 0.25) is 0 Å². The van der Waals surface area contributed by atoms with Gasteiger partial charge < -0.3 is 85.8 Å². The maximum atomic E-state index is 14.7. The molecule has 30 nitrogen and oxygen atoms in total. The van der Waals surface area contributed by atoms with Gasteiger partial charge in [0.15, 0.2) is 5.96 Å². The third-order valence-electron chi connectivity index (χ3n) is 19.7. The summed E-state index contributed by atoms with van der Waals surface area (Å²) in [5, 5.41) is 29.8. The Balaban J connectivity index is 1.41. The normalized spacial score (nSPS) is 15.0. The summed E-state index contributed by atoms with van der Waals surface area (Å²) in [5.74, 6) is -7.02. The van der Waals surface area contributed by atoms with Crippen LogP contribution in [0, 0.1) is 0 Å². The minimum absolute atomic E-state index is 0.0112. The number of rotatable bonds is 63. The molecule has 0 aliphatic carbocycles. The zero-order valence-electron chi connectivity index (χ0n) is 66.9. The van der Waals surface area contributed by atoms with E-state index in [0.717, 1.165) is 60.9 Å². The van der Waals surface area contributed by atoms with E-state index in [2.05, 4.69) is 82.4 Å². The molecule has 1 aliphatic rings. The molecule has 1 fully saturated rings. The Bertz CT molecular complexity index is 3260. The fraction of sp³-hybridized carbons (Fsp3) is 0.679. The van der Waals surface area contributed by atoms with Gasteiger partial charge in [-0.15, -0.1) is 0 Å². The number of aromatic nitrogens is 1. The number of ether oxygens (including phenoxy) is 1. The van der Waals surface area contributed by atoms with Gasteiger partial charge in [-0.1, -0.05) is 211 Å². The number of amides is 11. The maximum Gasteiger partial charge on any atom is 0.265 e. The number of aliphatic imine (C=N–C) groups is 1. The Labute approximate surface area is 658 Å². The minimum atomic E-state index is -1.51. The number of nitrogens with two attached hydrogens (primary N) is 4. The molecule has 1 aliphatic heterocycles. The number of hydrogen-bond acceptors (Lipinski definition) is 16. The molecule has 3 aromatic rings. The van der Waals surface area contributed by atoms with E-state index in [1.54, 1.807) is 36.5 Å². The molecule has 622 valence electrons. The monoisotopic (exact) mass is 1550 g/mol. The molecule has 30 heteroatoms. The van der Waals surface area contributed by atoms with E-state index in [1.165, 1.54) is 103 Å². The zero-order valence-corrected chi connectivity index (χ0v) is 66.9. The molecule has 20 N–H and O–H groups in total. The molecule has 0 bridgehead atoms. The highest BCUT2D eigenvalue weighted by molar-refractivity contribution is 5.97. The summed E-state index contributed by atoms with van der Waals surface area (Å²) in [5.41, 5.74) is 27.9. The molecular formula is C81H136N18O12. The second-order valence-corrected chi connectivity index (χ2v) is 29.3. The predicted octanol–water partition coefficient (Wildman–Crippen LogP) is 5.88. The number of nitrogens with zero attached hydrogens (tertiary/aromatic N) is 2. The Morgan fingerprint density at radius 2 is 0.919 bits per heavy atom. The van der Waals surface area contributed by atoms with Crippen molar-refractivity contribution in [3.05, 3.63) is 71.9 Å². The van der Waals surface area contributed by atoms with E-state index in [0.29, 0.717) is 75.6 Å². The summed E-state index contributed by atoms with van der Waals surface area (Å²) in [6.45, 7) is 8.40. The summed E-state index contributed by atoms with van der Waals surface area (Å²) < 4.78 is 5.98. The lowest BCUT2D eigenvalue weighted by molar-refractivity contribution is -0.144. The third kappa shape index (κ3) is 40.3. The van der Waals surface area contributed by atoms with Crippen LogP contribution < -0.4 is 81.5 Å². The molecule has 4 rings (SSSR count). The van der Waals surface area contributed by atoms with E-state index in [-0.39, 0.29) is 82.5 Å². The van der Waals surface area contributed by atoms with Gasteiger partial charge in [0.25, 0.3) is 11.8 Å². The van der Waals surface area contributed by atoms with Crippen LogP contribution in [-0.4, -0.2) is 175 Å². The predicted molar refractivity (Wildman–Crippen MR) is 433 cm³/mol. The van der Waals surface area contributed by atoms with Crippen LogP contribution >= 0.6 is 0 Å². The number of para-hydroxylation sites is 1. The first-order valence-corrected chi connectivity index (χ1v) is 41.4. The van der Waals surface area contributed by atoms with Crippen molar-refractivity contribution in [2.24, 2.45) is 27.9 Å². The van der Waals surface area contributed by atoms with Crippen molar-refractivity contribution in [1.82, 2.24) is 68.6 Å². The first-order chi connectivity index (χ1) is 53.7. The summed E-state index contributed by atoms with van der Waals surface area (Å²) in [7, 11) is 0. The highest BCUT2D eigenvalue weighted by atomic mass is 16.6. The van der Waals surface area contributed by atoms with Gasteiger partial charge in [0, 0.05) is 75.5 Å². The van der Waals surface area contributed by atoms with E-state index < -0.39 is 108 Å². The van der Waals surface area contributed by atoms with Gasteiger partial charge in [-0.3, -0.25) is 57.7 Å². The lowest BCUT2D eigenvalue weighted by atomic mass is 10.0. The molecule has 111 heavy (non-hydrogen) atoms. The van der Waals surface area contributed by atoms with Crippen molar-refractivity contribution in [1.29, 1.82) is 0 Å². The third-order valence-corrected chi connectivity index (χ3v) is 19.7. The number of H-pyrrole nitrogens is 1. The number of fused-ring (bicyclic) bond motifs is 1. The summed E-state index contributed by atoms with van der Waals surface area (Å²) in [6.07, 6.45) is 28.5. The van der Waals surface area contributed by atoms with E-state index in [4.69, 9.17) is 27.7 Å². The number of unbranched alkanes of at least 4 members (excludes halogenated alkanes) is 22. The molecule has 1 aromatic heterocycles. The van der Waals surface area contributed by atoms with E-state index in [1.807, 2.05) is 31.2 Å². The Hall–Kier alpha value is -8.74. The van der Waals surface area contributed by atoms with E-state index in [9.17, 15) is 52.7 Å². The zero-order chi connectivity index (χ0) is 80.8. The molecule has 2 heterocycles. The van der Waals surface area contributed by atoms with Crippen molar-refractivity contribution in [3.63, 3.8) is 0 Å². The number of aromatic amines is 1. The lowest BCUT2D eigenvalue weighted by Gasteiger charge is -2.27. The molecule has 0 spiro atoms. The maximum absolute atomic E-state index is 14.7. The Kier molecular flexibility index (Phi) is 48.9. The number of carbonyl (C=O) groups excluding carboxylic acids is 11. The van der Waals surface area contributed by atoms with Crippen LogP contribution in [0.15, 0.2) is 65.8 Å². The average Bonchev–Trinajstić information content (AvgIpc) is 1.71. The van der Waals surface area contributed by atoms with Gasteiger partial charge in [-0.05, 0) is 94.9 Å². The lowest BCUT2D eigenvalue weighted by Crippen LogP contribution is -2.60. The largest absolute Gasteiger partial charge is 0.370 e. The van der Waals surface area contributed by atoms with Crippen LogP contribution in [0.3, 0.4) is 0 Å². The standard InChI is InChI=1S/C81H136N18O12/c1-5-8-11-13-15-17-19-21-23-25-30-46-68(100)86-50-37-52-88-77(109)79-98-99(80(111-79)78(110)89-53-38-51-87-69(101)47-31-26-24-22-20-18-16-14-12-9-6-2)57-70(102)93-63(42-10-7-3)73(105)92-58(4)72(104)94-64(44-34-35-48-82)75(107)97-67(54-59-39-28-27-29-40-59)76(108)95-65(45-36-49-90-81(84)85)74(106)96-66(71(83)103)55-60-56-91-62-43-33-32-41-61(60)62/h27-29,32-33,39-41,43,56,58,63-67,79-80,91,98H,5-26,30-31,34-38,42,44-55,57,82H2,1-4H3,(H2,83,103)(H,86,100)(H,87,101)(H,88,109)(H,89,110)(H,92,105)(H,93,102)(H,94,104)(H,95,108)(H,96,106)(H,97,107)(H4,84,85,90)/t58-,63-,64-,65-,66-,67+,79?,80?/m0/s1. The van der Waals surface area contributed by atoms with Crippen molar-refractivity contribution in [3.8, 4) is 0 Å². The van der Waals surface area contributed by atoms with Gasteiger partial charge >= 0.3 is 0 Å². The van der Waals surface area contributed by atoms with Crippen molar-refractivity contribution in [2.75, 3.05) is 45.8 Å². The molecule has 1 saturated heterocycles. The molecular weight excluding hydrogens is 1420 g/mol. The first kappa shape index (κ1) is 94.6. The van der Waals surface area contributed by atoms with Crippen LogP contribution in [0.25, 0.3) is 10.9 Å². The van der Waals surface area contributed by atoms with Crippen molar-refractivity contribution < 1.29 is 57.5 Å². The molecule has 8 atom stereocenters. The van der Waals surface area contributed by atoms with Gasteiger partial charge in [0.1, 0.15) is 36.3 Å². The highest BCUT2D eigenvalue weighted by Gasteiger charge is 2.42. The Morgan fingerprint density at radius 1 is 0.459 bits per heavy atom. The fourth-order valence-electron chi connectivity index (χ4n) is 13.1. The summed E-state index contributed by atoms with van der Waals surface area (Å²) in [4.78, 5) is 159. The second-order valence-electron chi connectivity index (χ2n) is 29.3. The number of benzene rings is 2. The second kappa shape index (κ2) is 57.3. The first-order valence-electron chi connectivity index (χ1n) is 41.4. The number of carbonyl (C=O) groups is 11. The van der Waals surface area contributed by atoms with Crippen LogP contribution in [0.1, 0.15) is 257 Å². The molecule has 0 saturated carbocycles. The van der Waals surface area contributed by atoms with Crippen LogP contribution in [0.5, 0.6) is 0 Å². The molecule has 11 amide bonds. The fourth-order valence-corrected chi connectivity index (χ4v) is 13.1. The average molecular weight is 1550 g/mol. The summed E-state index contributed by atoms with van der Waals surface area (Å²) >= 11 is 0. The van der Waals surface area contributed by atoms with Crippen molar-refractivity contribution >= 4 is 81.8 Å². The van der Waals surface area contributed by atoms with Gasteiger partial charge in [0.05, 0.1) is 6.54 Å². The van der Waals surface area contributed by atoms with Gasteiger partial charge in [0.2, 0.25) is 65.6 Å². The van der Waals surface area contributed by atoms with Gasteiger partial charge in [-0.2, -0.15) is 5.01 Å². The van der Waals surface area contributed by atoms with Crippen LogP contribution in [-0.2, 0) is 70.3 Å². The van der Waals surface area contributed by atoms with Gasteiger partial charge in [-0.25, -0.2) is 5.43 Å². The highest BCUT2D eigenvalue weighted by Crippen LogP contribution is 2.21. The number of guanidine groups is 1. The van der Waals surface area contributed by atoms with Crippen molar-refractivity contribution in [2.45, 2.75) is 308 Å². The number of primary amides is 1. The SMILES string of the molecule is CCCCCCCCCCCCCC(=O)NCCCNC(=O)C1NN(CC(=O)N[C@@H](CCCC)C(=O)N[C@@H](C)C(=O)N[C@@H](CCCCN)C(=O)N[C@H](Cc2ccccc2)C(=O)N[C@@H](CCCN=C(N)N)C(=O)N[C@@H](Cc2c[nH]c3ccccc23)C(N)=O)C(C(=O)NCCCNC(=O)CCCCCCCCCCCCC)O1. The molecule has 0 radical (unpaired) electrons. The number of nitrogens with one attached hydrogen (secondary N) is 12. The summed E-state index contributed by atoms with van der Waals surface area (Å²) in [6, 6.07) is 8.56. The molecule has 2 aromatic carbocycles. The molecule has 2 unspecified atom stereocenters.